The van der Waals surface area contributed by atoms with Crippen molar-refractivity contribution in [2.24, 2.45) is 17.3 Å². The standard InChI is InChI=1S/C22H23ClFN3O3/c1-12-2-3-15(24)5-16(12)26-17-10-25-27(19(28)18(17)23)22-8-13-4-14(9-22)7-21(6-13,11-22)20(29)30/h2-3,5,10,13-14,26H,4,6-9,11H2,1H3,(H,29,30)/t13-,14-,21?,22?/m0/s1. The van der Waals surface area contributed by atoms with Gasteiger partial charge in [0.05, 0.1) is 22.8 Å². The van der Waals surface area contributed by atoms with Crippen molar-refractivity contribution in [1.29, 1.82) is 0 Å². The lowest BCUT2D eigenvalue weighted by atomic mass is 9.47. The number of nitrogens with one attached hydrogen (secondary N) is 1. The van der Waals surface area contributed by atoms with E-state index in [9.17, 15) is 19.1 Å². The molecular formula is C22H23ClFN3O3. The summed E-state index contributed by atoms with van der Waals surface area (Å²) in [7, 11) is 0. The van der Waals surface area contributed by atoms with Gasteiger partial charge >= 0.3 is 5.97 Å². The van der Waals surface area contributed by atoms with Crippen LogP contribution in [0, 0.1) is 30.0 Å². The number of halogens is 2. The minimum atomic E-state index is -0.771. The molecule has 2 N–H and O–H groups in total. The Bertz CT molecular complexity index is 1100. The summed E-state index contributed by atoms with van der Waals surface area (Å²) in [5.74, 6) is -0.571. The zero-order chi connectivity index (χ0) is 21.3. The number of aliphatic carboxylic acids is 1. The topological polar surface area (TPSA) is 84.2 Å². The molecule has 1 aromatic carbocycles. The fraction of sp³-hybridized carbons (Fsp3) is 0.500. The second kappa shape index (κ2) is 6.54. The number of carbonyl (C=O) groups is 1. The van der Waals surface area contributed by atoms with Gasteiger partial charge in [-0.2, -0.15) is 5.10 Å². The van der Waals surface area contributed by atoms with Crippen LogP contribution in [0.15, 0.2) is 29.2 Å². The molecule has 1 heterocycles. The maximum absolute atomic E-state index is 13.6. The van der Waals surface area contributed by atoms with Gasteiger partial charge in [0, 0.05) is 5.69 Å². The van der Waals surface area contributed by atoms with Gasteiger partial charge in [-0.05, 0) is 75.0 Å². The molecule has 0 radical (unpaired) electrons. The number of carboxylic acids is 1. The molecule has 0 saturated heterocycles. The van der Waals surface area contributed by atoms with E-state index in [1.54, 1.807) is 6.07 Å². The summed E-state index contributed by atoms with van der Waals surface area (Å²) in [5.41, 5.74) is -0.178. The van der Waals surface area contributed by atoms with E-state index >= 15 is 0 Å². The number of carboxylic acid groups (broad SMARTS) is 1. The Hall–Kier alpha value is -2.41. The molecule has 4 aliphatic carbocycles. The molecule has 6 nitrogen and oxygen atoms in total. The molecular weight excluding hydrogens is 409 g/mol. The number of aryl methyl sites for hydroxylation is 1. The van der Waals surface area contributed by atoms with Crippen molar-refractivity contribution in [2.75, 3.05) is 5.32 Å². The van der Waals surface area contributed by atoms with Gasteiger partial charge < -0.3 is 10.4 Å². The molecule has 4 aliphatic rings. The van der Waals surface area contributed by atoms with Crippen molar-refractivity contribution < 1.29 is 14.3 Å². The highest BCUT2D eigenvalue weighted by atomic mass is 35.5. The van der Waals surface area contributed by atoms with Crippen molar-refractivity contribution in [3.05, 3.63) is 51.2 Å². The molecule has 6 rings (SSSR count). The van der Waals surface area contributed by atoms with Gasteiger partial charge in [-0.15, -0.1) is 0 Å². The molecule has 0 unspecified atom stereocenters. The maximum atomic E-state index is 13.6. The summed E-state index contributed by atoms with van der Waals surface area (Å²) in [4.78, 5) is 25.3. The summed E-state index contributed by atoms with van der Waals surface area (Å²) < 4.78 is 15.1. The van der Waals surface area contributed by atoms with Crippen LogP contribution in [0.4, 0.5) is 15.8 Å². The lowest BCUT2D eigenvalue weighted by molar-refractivity contribution is -0.173. The van der Waals surface area contributed by atoms with Crippen LogP contribution in [-0.4, -0.2) is 20.9 Å². The van der Waals surface area contributed by atoms with Gasteiger partial charge in [0.15, 0.2) is 0 Å². The first-order valence-electron chi connectivity index (χ1n) is 10.3. The fourth-order valence-corrected chi connectivity index (χ4v) is 6.62. The van der Waals surface area contributed by atoms with Crippen LogP contribution in [-0.2, 0) is 10.3 Å². The van der Waals surface area contributed by atoms with Crippen molar-refractivity contribution in [3.63, 3.8) is 0 Å². The second-order valence-electron chi connectivity index (χ2n) is 9.44. The summed E-state index contributed by atoms with van der Waals surface area (Å²) in [5, 5.41) is 17.4. The number of nitrogens with zero attached hydrogens (tertiary/aromatic N) is 2. The molecule has 4 fully saturated rings. The van der Waals surface area contributed by atoms with Crippen LogP contribution in [0.3, 0.4) is 0 Å². The van der Waals surface area contributed by atoms with Gasteiger partial charge in [-0.3, -0.25) is 9.59 Å². The Morgan fingerprint density at radius 2 is 1.97 bits per heavy atom. The zero-order valence-corrected chi connectivity index (χ0v) is 17.4. The number of anilines is 2. The molecule has 4 saturated carbocycles. The molecule has 2 aromatic rings. The second-order valence-corrected chi connectivity index (χ2v) is 9.82. The number of rotatable bonds is 4. The third-order valence-corrected chi connectivity index (χ3v) is 7.69. The largest absolute Gasteiger partial charge is 0.481 e. The Labute approximate surface area is 178 Å². The predicted octanol–water partition coefficient (Wildman–Crippen LogP) is 4.47. The van der Waals surface area contributed by atoms with E-state index < -0.39 is 28.3 Å². The molecule has 2 atom stereocenters. The van der Waals surface area contributed by atoms with Crippen molar-refractivity contribution in [2.45, 2.75) is 51.0 Å². The third-order valence-electron chi connectivity index (χ3n) is 7.32. The van der Waals surface area contributed by atoms with E-state index in [2.05, 4.69) is 10.4 Å². The van der Waals surface area contributed by atoms with E-state index in [4.69, 9.17) is 11.6 Å². The first-order valence-corrected chi connectivity index (χ1v) is 10.6. The van der Waals surface area contributed by atoms with E-state index in [0.29, 0.717) is 42.5 Å². The normalized spacial score (nSPS) is 31.7. The minimum Gasteiger partial charge on any atom is -0.481 e. The van der Waals surface area contributed by atoms with Crippen LogP contribution in [0.2, 0.25) is 5.02 Å². The molecule has 1 aromatic heterocycles. The van der Waals surface area contributed by atoms with Crippen LogP contribution in [0.1, 0.15) is 44.1 Å². The van der Waals surface area contributed by atoms with Gasteiger partial charge in [0.25, 0.3) is 5.56 Å². The summed E-state index contributed by atoms with van der Waals surface area (Å²) in [6.45, 7) is 1.82. The predicted molar refractivity (Wildman–Crippen MR) is 111 cm³/mol. The number of aromatic nitrogens is 2. The van der Waals surface area contributed by atoms with Gasteiger partial charge in [-0.25, -0.2) is 9.07 Å². The van der Waals surface area contributed by atoms with E-state index in [-0.39, 0.29) is 5.02 Å². The molecule has 0 aliphatic heterocycles. The SMILES string of the molecule is Cc1ccc(F)cc1Nc1cnn(C23C[C@H]4C[C@@H](CC(C(=O)O)(C4)C2)C3)c(=O)c1Cl. The third kappa shape index (κ3) is 2.86. The number of hydrogen-bond acceptors (Lipinski definition) is 4. The summed E-state index contributed by atoms with van der Waals surface area (Å²) in [6.07, 6.45) is 5.82. The lowest BCUT2D eigenvalue weighted by Gasteiger charge is -2.60. The Balaban J connectivity index is 1.54. The van der Waals surface area contributed by atoms with E-state index in [1.807, 2.05) is 6.92 Å². The monoisotopic (exact) mass is 431 g/mol. The summed E-state index contributed by atoms with van der Waals surface area (Å²) in [6, 6.07) is 4.34. The van der Waals surface area contributed by atoms with Crippen LogP contribution >= 0.6 is 11.6 Å². The minimum absolute atomic E-state index is 0.0196. The summed E-state index contributed by atoms with van der Waals surface area (Å²) >= 11 is 6.43. The maximum Gasteiger partial charge on any atom is 0.309 e. The van der Waals surface area contributed by atoms with Crippen LogP contribution in [0.25, 0.3) is 0 Å². The molecule has 0 amide bonds. The lowest BCUT2D eigenvalue weighted by Crippen LogP contribution is -2.61. The highest BCUT2D eigenvalue weighted by Crippen LogP contribution is 2.63. The van der Waals surface area contributed by atoms with Crippen molar-refractivity contribution in [3.8, 4) is 0 Å². The van der Waals surface area contributed by atoms with Crippen LogP contribution < -0.4 is 10.9 Å². The highest BCUT2D eigenvalue weighted by Gasteiger charge is 2.62. The van der Waals surface area contributed by atoms with E-state index in [0.717, 1.165) is 24.8 Å². The van der Waals surface area contributed by atoms with Crippen molar-refractivity contribution >= 4 is 28.9 Å². The van der Waals surface area contributed by atoms with Gasteiger partial charge in [-0.1, -0.05) is 17.7 Å². The quantitative estimate of drug-likeness (QED) is 0.746. The Kier molecular flexibility index (Phi) is 4.26. The molecule has 0 spiro atoms. The highest BCUT2D eigenvalue weighted by molar-refractivity contribution is 6.33. The fourth-order valence-electron chi connectivity index (χ4n) is 6.44. The molecule has 158 valence electrons. The van der Waals surface area contributed by atoms with Gasteiger partial charge in [0.2, 0.25) is 0 Å². The molecule has 30 heavy (non-hydrogen) atoms. The Morgan fingerprint density at radius 3 is 2.63 bits per heavy atom. The Morgan fingerprint density at radius 1 is 1.27 bits per heavy atom. The number of benzene rings is 1. The zero-order valence-electron chi connectivity index (χ0n) is 16.6. The van der Waals surface area contributed by atoms with E-state index in [1.165, 1.54) is 23.0 Å². The first-order chi connectivity index (χ1) is 14.2. The molecule has 4 bridgehead atoms. The first kappa shape index (κ1) is 19.5. The smallest absolute Gasteiger partial charge is 0.309 e. The average molecular weight is 432 g/mol. The average Bonchev–Trinajstić information content (AvgIpc) is 2.67. The molecule has 8 heteroatoms. The van der Waals surface area contributed by atoms with Crippen LogP contribution in [0.5, 0.6) is 0 Å². The van der Waals surface area contributed by atoms with Gasteiger partial charge in [0.1, 0.15) is 10.8 Å². The van der Waals surface area contributed by atoms with Crippen molar-refractivity contribution in [1.82, 2.24) is 9.78 Å². The number of hydrogen-bond donors (Lipinski definition) is 2.